The highest BCUT2D eigenvalue weighted by Crippen LogP contribution is 2.23. The molecule has 0 bridgehead atoms. The molecule has 44 valence electrons. The van der Waals surface area contributed by atoms with Crippen LogP contribution in [-0.4, -0.2) is 6.21 Å². The summed E-state index contributed by atoms with van der Waals surface area (Å²) in [6.07, 6.45) is 7.14. The topological polar surface area (TPSA) is 12.4 Å². The van der Waals surface area contributed by atoms with E-state index in [1.807, 2.05) is 12.4 Å². The minimum Gasteiger partial charge on any atom is -0.268 e. The average molecular weight is 109 g/mol. The summed E-state index contributed by atoms with van der Waals surface area (Å²) in [5, 5.41) is 0. The second kappa shape index (κ2) is 1.73. The van der Waals surface area contributed by atoms with Gasteiger partial charge in [-0.05, 0) is 6.42 Å². The van der Waals surface area contributed by atoms with Gasteiger partial charge in [-0.15, -0.1) is 0 Å². The molecular formula is C7H11N. The van der Waals surface area contributed by atoms with E-state index in [2.05, 4.69) is 24.9 Å². The highest BCUT2D eigenvalue weighted by Gasteiger charge is 2.16. The van der Waals surface area contributed by atoms with Crippen LogP contribution in [0.5, 0.6) is 0 Å². The van der Waals surface area contributed by atoms with Gasteiger partial charge in [0.05, 0.1) is 0 Å². The number of rotatable bonds is 1. The van der Waals surface area contributed by atoms with Crippen molar-refractivity contribution in [2.24, 2.45) is 10.4 Å². The van der Waals surface area contributed by atoms with Crippen molar-refractivity contribution in [1.29, 1.82) is 0 Å². The van der Waals surface area contributed by atoms with Crippen molar-refractivity contribution in [1.82, 2.24) is 0 Å². The average Bonchev–Trinajstić information content (AvgIpc) is 2.17. The predicted molar refractivity (Wildman–Crippen MR) is 36.0 cm³/mol. The molecule has 0 aromatic rings. The van der Waals surface area contributed by atoms with E-state index in [0.29, 0.717) is 0 Å². The summed E-state index contributed by atoms with van der Waals surface area (Å²) >= 11 is 0. The van der Waals surface area contributed by atoms with E-state index in [4.69, 9.17) is 0 Å². The maximum absolute atomic E-state index is 4.00. The van der Waals surface area contributed by atoms with Crippen LogP contribution in [0.2, 0.25) is 0 Å². The Morgan fingerprint density at radius 2 is 2.38 bits per heavy atom. The molecule has 1 aliphatic heterocycles. The first-order valence-electron chi connectivity index (χ1n) is 2.99. The molecule has 1 aliphatic rings. The van der Waals surface area contributed by atoms with Gasteiger partial charge in [-0.2, -0.15) is 0 Å². The van der Waals surface area contributed by atoms with Crippen LogP contribution in [0.25, 0.3) is 0 Å². The first-order chi connectivity index (χ1) is 3.77. The molecule has 0 saturated heterocycles. The number of hydrogen-bond acceptors (Lipinski definition) is 1. The third kappa shape index (κ3) is 0.808. The van der Waals surface area contributed by atoms with Crippen LogP contribution >= 0.6 is 0 Å². The summed E-state index contributed by atoms with van der Waals surface area (Å²) in [6, 6.07) is 0. The van der Waals surface area contributed by atoms with Gasteiger partial charge in [0.1, 0.15) is 0 Å². The van der Waals surface area contributed by atoms with Crippen molar-refractivity contribution in [2.75, 3.05) is 0 Å². The fourth-order valence-electron chi connectivity index (χ4n) is 0.679. The number of aliphatic imine (C=N–C) groups is 1. The number of allylic oxidation sites excluding steroid dienone is 1. The van der Waals surface area contributed by atoms with Gasteiger partial charge in [-0.3, -0.25) is 4.99 Å². The molecule has 0 aromatic carbocycles. The molecule has 1 atom stereocenters. The van der Waals surface area contributed by atoms with Crippen LogP contribution in [0.4, 0.5) is 0 Å². The minimum absolute atomic E-state index is 0.264. The highest BCUT2D eigenvalue weighted by atomic mass is 14.7. The molecule has 8 heavy (non-hydrogen) atoms. The lowest BCUT2D eigenvalue weighted by molar-refractivity contribution is 0.595. The Balaban J connectivity index is 2.69. The largest absolute Gasteiger partial charge is 0.268 e. The molecule has 0 amide bonds. The molecule has 1 heteroatoms. The number of hydrogen-bond donors (Lipinski definition) is 0. The van der Waals surface area contributed by atoms with E-state index < -0.39 is 0 Å². The Morgan fingerprint density at radius 1 is 1.62 bits per heavy atom. The summed E-state index contributed by atoms with van der Waals surface area (Å²) in [6.45, 7) is 4.35. The Morgan fingerprint density at radius 3 is 2.62 bits per heavy atom. The van der Waals surface area contributed by atoms with E-state index in [1.165, 1.54) is 0 Å². The normalized spacial score (nSPS) is 34.2. The lowest BCUT2D eigenvalue weighted by Gasteiger charge is -2.12. The molecule has 1 rings (SSSR count). The standard InChI is InChI=1S/C7H11N/c1-3-7(2)4-5-8-6-7/h4-6H,3H2,1-2H3. The van der Waals surface area contributed by atoms with Crippen molar-refractivity contribution < 1.29 is 0 Å². The Bertz CT molecular complexity index is 121. The molecule has 1 heterocycles. The van der Waals surface area contributed by atoms with Gasteiger partial charge in [0, 0.05) is 17.8 Å². The molecule has 0 saturated carbocycles. The maximum Gasteiger partial charge on any atom is 0.0233 e. The van der Waals surface area contributed by atoms with Crippen LogP contribution in [0, 0.1) is 5.41 Å². The van der Waals surface area contributed by atoms with Gasteiger partial charge in [0.25, 0.3) is 0 Å². The molecule has 0 spiro atoms. The van der Waals surface area contributed by atoms with Crippen LogP contribution in [0.1, 0.15) is 20.3 Å². The lowest BCUT2D eigenvalue weighted by atomic mass is 9.91. The zero-order valence-corrected chi connectivity index (χ0v) is 5.39. The van der Waals surface area contributed by atoms with Crippen molar-refractivity contribution in [3.63, 3.8) is 0 Å². The third-order valence-corrected chi connectivity index (χ3v) is 1.67. The molecule has 0 aromatic heterocycles. The van der Waals surface area contributed by atoms with Gasteiger partial charge in [-0.1, -0.05) is 19.9 Å². The highest BCUT2D eigenvalue weighted by molar-refractivity contribution is 5.71. The summed E-state index contributed by atoms with van der Waals surface area (Å²) in [7, 11) is 0. The van der Waals surface area contributed by atoms with Gasteiger partial charge in [0.15, 0.2) is 0 Å². The van der Waals surface area contributed by atoms with Gasteiger partial charge in [0.2, 0.25) is 0 Å². The summed E-state index contributed by atoms with van der Waals surface area (Å²) < 4.78 is 0. The van der Waals surface area contributed by atoms with Crippen molar-refractivity contribution >= 4 is 6.21 Å². The van der Waals surface area contributed by atoms with Crippen LogP contribution < -0.4 is 0 Å². The lowest BCUT2D eigenvalue weighted by Crippen LogP contribution is -2.09. The first kappa shape index (κ1) is 5.54. The summed E-state index contributed by atoms with van der Waals surface area (Å²) in [5.41, 5.74) is 0.264. The fourth-order valence-corrected chi connectivity index (χ4v) is 0.679. The number of nitrogens with zero attached hydrogens (tertiary/aromatic N) is 1. The smallest absolute Gasteiger partial charge is 0.0233 e. The molecule has 0 radical (unpaired) electrons. The zero-order chi connectivity index (χ0) is 6.04. The second-order valence-corrected chi connectivity index (χ2v) is 2.45. The van der Waals surface area contributed by atoms with E-state index in [0.717, 1.165) is 6.42 Å². The van der Waals surface area contributed by atoms with Crippen molar-refractivity contribution in [2.45, 2.75) is 20.3 Å². The van der Waals surface area contributed by atoms with Crippen molar-refractivity contribution in [3.8, 4) is 0 Å². The van der Waals surface area contributed by atoms with Crippen LogP contribution in [0.15, 0.2) is 17.3 Å². The molecular weight excluding hydrogens is 98.1 g/mol. The molecule has 0 aliphatic carbocycles. The Kier molecular flexibility index (Phi) is 1.20. The predicted octanol–water partition coefficient (Wildman–Crippen LogP) is 2.00. The SMILES string of the molecule is CCC1(C)C=CN=C1. The maximum atomic E-state index is 4.00. The first-order valence-corrected chi connectivity index (χ1v) is 2.99. The van der Waals surface area contributed by atoms with Crippen molar-refractivity contribution in [3.05, 3.63) is 12.3 Å². The van der Waals surface area contributed by atoms with E-state index in [9.17, 15) is 0 Å². The quantitative estimate of drug-likeness (QED) is 0.488. The monoisotopic (exact) mass is 109 g/mol. The zero-order valence-electron chi connectivity index (χ0n) is 5.39. The Hall–Kier alpha value is -0.590. The van der Waals surface area contributed by atoms with Gasteiger partial charge >= 0.3 is 0 Å². The van der Waals surface area contributed by atoms with Crippen LogP contribution in [-0.2, 0) is 0 Å². The summed E-state index contributed by atoms with van der Waals surface area (Å²) in [4.78, 5) is 4.00. The minimum atomic E-state index is 0.264. The molecule has 0 N–H and O–H groups in total. The molecule has 1 nitrogen and oxygen atoms in total. The molecule has 0 fully saturated rings. The second-order valence-electron chi connectivity index (χ2n) is 2.45. The Labute approximate surface area is 50.1 Å². The van der Waals surface area contributed by atoms with Gasteiger partial charge < -0.3 is 0 Å². The summed E-state index contributed by atoms with van der Waals surface area (Å²) in [5.74, 6) is 0. The van der Waals surface area contributed by atoms with E-state index >= 15 is 0 Å². The molecule has 1 unspecified atom stereocenters. The van der Waals surface area contributed by atoms with E-state index in [-0.39, 0.29) is 5.41 Å². The fraction of sp³-hybridized carbons (Fsp3) is 0.571. The van der Waals surface area contributed by atoms with Gasteiger partial charge in [-0.25, -0.2) is 0 Å². The third-order valence-electron chi connectivity index (χ3n) is 1.67. The van der Waals surface area contributed by atoms with E-state index in [1.54, 1.807) is 0 Å². The van der Waals surface area contributed by atoms with Crippen LogP contribution in [0.3, 0.4) is 0 Å².